The van der Waals surface area contributed by atoms with Gasteiger partial charge in [0.1, 0.15) is 29.3 Å². The predicted molar refractivity (Wildman–Crippen MR) is 168 cm³/mol. The van der Waals surface area contributed by atoms with Gasteiger partial charge in [0, 0.05) is 45.0 Å². The lowest BCUT2D eigenvalue weighted by Gasteiger charge is -2.45. The van der Waals surface area contributed by atoms with Gasteiger partial charge in [-0.15, -0.1) is 0 Å². The van der Waals surface area contributed by atoms with E-state index in [0.29, 0.717) is 6.54 Å². The second-order valence-electron chi connectivity index (χ2n) is 12.5. The van der Waals surface area contributed by atoms with E-state index >= 15 is 4.39 Å². The number of hydrogen-bond donors (Lipinski definition) is 1. The number of nitriles is 1. The summed E-state index contributed by atoms with van der Waals surface area (Å²) in [6.45, 7) is 3.02. The molecule has 2 saturated heterocycles. The molecule has 0 unspecified atom stereocenters. The molecule has 2 aromatic rings. The monoisotopic (exact) mass is 672 g/mol. The number of amides is 3. The number of pyridine rings is 1. The molecule has 12 nitrogen and oxygen atoms in total. The Bertz CT molecular complexity index is 1670. The molecule has 0 saturated carbocycles. The Balaban J connectivity index is 1.32. The molecule has 48 heavy (non-hydrogen) atoms. The molecule has 1 atom stereocenters. The fourth-order valence-corrected chi connectivity index (χ4v) is 6.14. The van der Waals surface area contributed by atoms with E-state index in [9.17, 15) is 32.8 Å². The van der Waals surface area contributed by atoms with E-state index in [2.05, 4.69) is 10.3 Å². The Labute approximate surface area is 275 Å². The molecule has 2 fully saturated rings. The summed E-state index contributed by atoms with van der Waals surface area (Å²) in [5.41, 5.74) is -2.40. The van der Waals surface area contributed by atoms with Crippen LogP contribution in [-0.4, -0.2) is 116 Å². The number of nitrogens with one attached hydrogen (secondary N) is 1. The summed E-state index contributed by atoms with van der Waals surface area (Å²) in [6, 6.07) is 5.44. The number of halogens is 4. The van der Waals surface area contributed by atoms with Gasteiger partial charge in [-0.1, -0.05) is 12.1 Å². The number of anilines is 3. The number of ether oxygens (including phenoxy) is 1. The standard InChI is InChI=1S/C32H36F4N8O4/c1-20-15-22(32(34,35)36)21(16-37)28(38-20)39-24-10-12-42(27-23(33)7-5-8-25(27)41(4)29(24)46)13-14-43-17-31(48-30(43)47)18-44(19-31)26(45)9-6-11-40(2)3/h5-9,15,24H,10-14,17-19H2,1-4H3,(H,38,39)/b9-6+/t24-/m0/s1. The van der Waals surface area contributed by atoms with Crippen molar-refractivity contribution in [2.75, 3.05) is 82.1 Å². The van der Waals surface area contributed by atoms with E-state index in [1.807, 2.05) is 19.0 Å². The van der Waals surface area contributed by atoms with Crippen LogP contribution in [0.1, 0.15) is 23.2 Å². The van der Waals surface area contributed by atoms with Crippen molar-refractivity contribution in [3.8, 4) is 6.07 Å². The third kappa shape index (κ3) is 7.01. The van der Waals surface area contributed by atoms with Crippen molar-refractivity contribution >= 4 is 35.1 Å². The Morgan fingerprint density at radius 3 is 2.58 bits per heavy atom. The quantitative estimate of drug-likeness (QED) is 0.333. The van der Waals surface area contributed by atoms with Crippen molar-refractivity contribution < 1.29 is 36.7 Å². The van der Waals surface area contributed by atoms with Crippen molar-refractivity contribution in [2.24, 2.45) is 0 Å². The van der Waals surface area contributed by atoms with Gasteiger partial charge in [-0.25, -0.2) is 14.2 Å². The third-order valence-corrected chi connectivity index (χ3v) is 8.52. The number of aryl methyl sites for hydroxylation is 1. The Kier molecular flexibility index (Phi) is 9.54. The lowest BCUT2D eigenvalue weighted by molar-refractivity contribution is -0.144. The second-order valence-corrected chi connectivity index (χ2v) is 12.5. The molecular weight excluding hydrogens is 636 g/mol. The largest absolute Gasteiger partial charge is 0.437 e. The van der Waals surface area contributed by atoms with E-state index in [0.717, 1.165) is 6.07 Å². The van der Waals surface area contributed by atoms with Gasteiger partial charge >= 0.3 is 12.3 Å². The van der Waals surface area contributed by atoms with Crippen LogP contribution < -0.4 is 15.1 Å². The van der Waals surface area contributed by atoms with E-state index in [4.69, 9.17) is 4.74 Å². The highest BCUT2D eigenvalue weighted by Crippen LogP contribution is 2.38. The SMILES string of the molecule is Cc1cc(C(F)(F)F)c(C#N)c(N[C@H]2CCN(CCN3CC4(CN(C(=O)/C=C/CN(C)C)C4)OC3=O)c3c(F)cccc3N(C)C2=O)n1. The molecule has 3 amide bonds. The van der Waals surface area contributed by atoms with Gasteiger partial charge in [0.05, 0.1) is 36.6 Å². The number of hydrogen-bond acceptors (Lipinski definition) is 9. The molecule has 4 heterocycles. The highest BCUT2D eigenvalue weighted by Gasteiger charge is 2.54. The number of benzene rings is 1. The Hall–Kier alpha value is -4.91. The number of aromatic nitrogens is 1. The molecule has 1 spiro atoms. The van der Waals surface area contributed by atoms with Crippen LogP contribution in [-0.2, 0) is 20.5 Å². The minimum Gasteiger partial charge on any atom is -0.437 e. The van der Waals surface area contributed by atoms with Crippen LogP contribution in [0.2, 0.25) is 0 Å². The molecule has 1 aromatic heterocycles. The minimum atomic E-state index is -4.82. The number of para-hydroxylation sites is 1. The van der Waals surface area contributed by atoms with Crippen molar-refractivity contribution in [3.63, 3.8) is 0 Å². The lowest BCUT2D eigenvalue weighted by atomic mass is 9.94. The lowest BCUT2D eigenvalue weighted by Crippen LogP contribution is -2.65. The number of alkyl halides is 3. The van der Waals surface area contributed by atoms with Gasteiger partial charge < -0.3 is 34.6 Å². The Morgan fingerprint density at radius 1 is 1.21 bits per heavy atom. The molecule has 3 aliphatic heterocycles. The average molecular weight is 673 g/mol. The minimum absolute atomic E-state index is 0.000437. The fraction of sp³-hybridized carbons (Fsp3) is 0.469. The number of likely N-dealkylation sites (tertiary alicyclic amines) is 1. The maximum absolute atomic E-state index is 15.4. The second kappa shape index (κ2) is 13.3. The smallest absolute Gasteiger partial charge is 0.417 e. The van der Waals surface area contributed by atoms with Gasteiger partial charge in [0.2, 0.25) is 11.8 Å². The van der Waals surface area contributed by atoms with E-state index < -0.39 is 46.8 Å². The molecule has 0 radical (unpaired) electrons. The molecular formula is C32H36F4N8O4. The van der Waals surface area contributed by atoms with E-state index in [1.165, 1.54) is 42.0 Å². The highest BCUT2D eigenvalue weighted by atomic mass is 19.4. The third-order valence-electron chi connectivity index (χ3n) is 8.52. The first kappa shape index (κ1) is 34.4. The zero-order valence-corrected chi connectivity index (χ0v) is 27.0. The molecule has 0 aliphatic carbocycles. The van der Waals surface area contributed by atoms with Crippen LogP contribution in [0.25, 0.3) is 0 Å². The number of carbonyl (C=O) groups is 3. The van der Waals surface area contributed by atoms with Gasteiger partial charge in [-0.2, -0.15) is 18.4 Å². The molecule has 16 heteroatoms. The van der Waals surface area contributed by atoms with Crippen molar-refractivity contribution in [2.45, 2.75) is 31.2 Å². The number of fused-ring (bicyclic) bond motifs is 1. The first-order valence-corrected chi connectivity index (χ1v) is 15.3. The highest BCUT2D eigenvalue weighted by molar-refractivity contribution is 6.01. The van der Waals surface area contributed by atoms with Gasteiger partial charge in [-0.05, 0) is 45.6 Å². The maximum Gasteiger partial charge on any atom is 0.417 e. The van der Waals surface area contributed by atoms with E-state index in [1.54, 1.807) is 28.0 Å². The maximum atomic E-state index is 15.4. The number of carbonyl (C=O) groups excluding carboxylic acids is 3. The van der Waals surface area contributed by atoms with E-state index in [-0.39, 0.29) is 74.5 Å². The summed E-state index contributed by atoms with van der Waals surface area (Å²) in [4.78, 5) is 50.9. The molecule has 1 aromatic carbocycles. The molecule has 1 N–H and O–H groups in total. The topological polar surface area (TPSA) is 125 Å². The van der Waals surface area contributed by atoms with Crippen molar-refractivity contribution in [1.29, 1.82) is 5.26 Å². The molecule has 256 valence electrons. The van der Waals surface area contributed by atoms with Crippen LogP contribution in [0.4, 0.5) is 39.5 Å². The summed E-state index contributed by atoms with van der Waals surface area (Å²) in [6.07, 6.45) is -2.13. The molecule has 0 bridgehead atoms. The molecule has 3 aliphatic rings. The van der Waals surface area contributed by atoms with Crippen molar-refractivity contribution in [1.82, 2.24) is 19.7 Å². The van der Waals surface area contributed by atoms with Gasteiger partial charge in [0.15, 0.2) is 5.60 Å². The number of likely N-dealkylation sites (N-methyl/N-ethyl adjacent to an activating group) is 2. The number of nitrogens with zero attached hydrogens (tertiary/aromatic N) is 7. The van der Waals surface area contributed by atoms with Gasteiger partial charge in [0.25, 0.3) is 0 Å². The fourth-order valence-electron chi connectivity index (χ4n) is 6.14. The van der Waals surface area contributed by atoms with Crippen LogP contribution in [0.15, 0.2) is 36.4 Å². The summed E-state index contributed by atoms with van der Waals surface area (Å²) >= 11 is 0. The van der Waals surface area contributed by atoms with Gasteiger partial charge in [-0.3, -0.25) is 9.59 Å². The summed E-state index contributed by atoms with van der Waals surface area (Å²) in [5.74, 6) is -1.72. The summed E-state index contributed by atoms with van der Waals surface area (Å²) in [5, 5.41) is 12.4. The Morgan fingerprint density at radius 2 is 1.92 bits per heavy atom. The normalized spacial score (nSPS) is 19.3. The summed E-state index contributed by atoms with van der Waals surface area (Å²) < 4.78 is 62.3. The van der Waals surface area contributed by atoms with Crippen molar-refractivity contribution in [3.05, 3.63) is 59.1 Å². The van der Waals surface area contributed by atoms with Crippen LogP contribution in [0, 0.1) is 24.1 Å². The zero-order valence-electron chi connectivity index (χ0n) is 27.0. The zero-order chi connectivity index (χ0) is 35.0. The van der Waals surface area contributed by atoms with Crippen LogP contribution in [0.5, 0.6) is 0 Å². The number of rotatable bonds is 8. The van der Waals surface area contributed by atoms with Crippen LogP contribution >= 0.6 is 0 Å². The summed E-state index contributed by atoms with van der Waals surface area (Å²) in [7, 11) is 5.20. The predicted octanol–water partition coefficient (Wildman–Crippen LogP) is 3.22. The molecule has 5 rings (SSSR count). The first-order valence-electron chi connectivity index (χ1n) is 15.3. The first-order chi connectivity index (χ1) is 22.6. The van der Waals surface area contributed by atoms with Crippen LogP contribution in [0.3, 0.4) is 0 Å². The average Bonchev–Trinajstić information content (AvgIpc) is 3.34.